The smallest absolute Gasteiger partial charge is 0.0646 e. The first-order valence-corrected chi connectivity index (χ1v) is 7.93. The van der Waals surface area contributed by atoms with Crippen LogP contribution < -0.4 is 0 Å². The Morgan fingerprint density at radius 2 is 1.95 bits per heavy atom. The van der Waals surface area contributed by atoms with Crippen LogP contribution in [0, 0.1) is 0 Å². The van der Waals surface area contributed by atoms with Gasteiger partial charge in [-0.25, -0.2) is 4.68 Å². The molecule has 2 aromatic rings. The summed E-state index contributed by atoms with van der Waals surface area (Å²) in [5.74, 6) is 1.10. The Kier molecular flexibility index (Phi) is 4.73. The van der Waals surface area contributed by atoms with E-state index in [0.717, 1.165) is 44.3 Å². The Labute approximate surface area is 123 Å². The van der Waals surface area contributed by atoms with E-state index in [1.54, 1.807) is 0 Å². The first kappa shape index (κ1) is 13.7. The van der Waals surface area contributed by atoms with Gasteiger partial charge in [-0.15, -0.1) is 11.8 Å². The van der Waals surface area contributed by atoms with E-state index in [4.69, 9.17) is 4.74 Å². The lowest BCUT2D eigenvalue weighted by atomic mass is 10.3. The summed E-state index contributed by atoms with van der Waals surface area (Å²) >= 11 is 1.86. The molecule has 0 bridgehead atoms. The molecule has 0 aliphatic carbocycles. The van der Waals surface area contributed by atoms with Crippen LogP contribution in [0.2, 0.25) is 0 Å². The van der Waals surface area contributed by atoms with Crippen molar-refractivity contribution in [2.45, 2.75) is 4.90 Å². The molecule has 0 N–H and O–H groups in total. The maximum absolute atomic E-state index is 5.35. The minimum atomic E-state index is 0.872. The van der Waals surface area contributed by atoms with Crippen molar-refractivity contribution < 1.29 is 4.74 Å². The molecule has 106 valence electrons. The molecule has 1 aromatic carbocycles. The zero-order valence-electron chi connectivity index (χ0n) is 11.4. The number of hydrogen-bond acceptors (Lipinski definition) is 4. The van der Waals surface area contributed by atoms with Crippen molar-refractivity contribution in [3.05, 3.63) is 42.7 Å². The summed E-state index contributed by atoms with van der Waals surface area (Å²) < 4.78 is 7.28. The monoisotopic (exact) mass is 289 g/mol. The van der Waals surface area contributed by atoms with Gasteiger partial charge < -0.3 is 4.74 Å². The maximum Gasteiger partial charge on any atom is 0.0646 e. The zero-order chi connectivity index (χ0) is 13.6. The number of thioether (sulfide) groups is 1. The van der Waals surface area contributed by atoms with Gasteiger partial charge in [0.15, 0.2) is 0 Å². The molecule has 1 aliphatic heterocycles. The topological polar surface area (TPSA) is 30.3 Å². The molecule has 4 nitrogen and oxygen atoms in total. The van der Waals surface area contributed by atoms with Gasteiger partial charge in [-0.3, -0.25) is 4.90 Å². The number of para-hydroxylation sites is 1. The summed E-state index contributed by atoms with van der Waals surface area (Å²) in [6.45, 7) is 4.98. The Morgan fingerprint density at radius 1 is 1.15 bits per heavy atom. The average molecular weight is 289 g/mol. The first-order valence-electron chi connectivity index (χ1n) is 6.95. The largest absolute Gasteiger partial charge is 0.379 e. The quantitative estimate of drug-likeness (QED) is 0.790. The van der Waals surface area contributed by atoms with Crippen LogP contribution in [0.5, 0.6) is 0 Å². The van der Waals surface area contributed by atoms with Crippen molar-refractivity contribution >= 4 is 11.8 Å². The Bertz CT molecular complexity index is 523. The summed E-state index contributed by atoms with van der Waals surface area (Å²) in [4.78, 5) is 3.68. The molecule has 0 unspecified atom stereocenters. The summed E-state index contributed by atoms with van der Waals surface area (Å²) in [6, 6.07) is 10.2. The number of rotatable bonds is 5. The van der Waals surface area contributed by atoms with Crippen LogP contribution in [0.3, 0.4) is 0 Å². The molecule has 2 heterocycles. The van der Waals surface area contributed by atoms with E-state index in [0.29, 0.717) is 0 Å². The van der Waals surface area contributed by atoms with E-state index < -0.39 is 0 Å². The molecule has 0 spiro atoms. The van der Waals surface area contributed by atoms with Crippen molar-refractivity contribution in [2.24, 2.45) is 0 Å². The number of benzene rings is 1. The lowest BCUT2D eigenvalue weighted by molar-refractivity contribution is 0.0410. The van der Waals surface area contributed by atoms with Crippen LogP contribution in [0.4, 0.5) is 0 Å². The van der Waals surface area contributed by atoms with Gasteiger partial charge in [-0.2, -0.15) is 5.10 Å². The fourth-order valence-corrected chi connectivity index (χ4v) is 3.10. The molecule has 0 saturated carbocycles. The second-order valence-electron chi connectivity index (χ2n) is 4.76. The van der Waals surface area contributed by atoms with E-state index >= 15 is 0 Å². The van der Waals surface area contributed by atoms with Crippen molar-refractivity contribution in [1.82, 2.24) is 14.7 Å². The number of ether oxygens (including phenoxy) is 1. The molecule has 0 atom stereocenters. The van der Waals surface area contributed by atoms with E-state index in [2.05, 4.69) is 28.3 Å². The van der Waals surface area contributed by atoms with Gasteiger partial charge >= 0.3 is 0 Å². The van der Waals surface area contributed by atoms with Gasteiger partial charge in [0.1, 0.15) is 0 Å². The van der Waals surface area contributed by atoms with E-state index in [9.17, 15) is 0 Å². The van der Waals surface area contributed by atoms with Crippen LogP contribution >= 0.6 is 11.8 Å². The average Bonchev–Trinajstić information content (AvgIpc) is 2.98. The first-order chi connectivity index (χ1) is 9.92. The standard InChI is InChI=1S/C15H19N3OS/c1-2-4-14(5-3-1)18-13-15(12-16-18)20-11-8-17-6-9-19-10-7-17/h1-5,12-13H,6-11H2. The van der Waals surface area contributed by atoms with Crippen molar-refractivity contribution in [3.8, 4) is 5.69 Å². The number of morpholine rings is 1. The van der Waals surface area contributed by atoms with Gasteiger partial charge in [0, 0.05) is 36.5 Å². The molecule has 0 amide bonds. The summed E-state index contributed by atoms with van der Waals surface area (Å²) in [7, 11) is 0. The number of hydrogen-bond donors (Lipinski definition) is 0. The lowest BCUT2D eigenvalue weighted by Gasteiger charge is -2.26. The summed E-state index contributed by atoms with van der Waals surface area (Å²) in [5, 5.41) is 4.41. The van der Waals surface area contributed by atoms with Gasteiger partial charge in [0.25, 0.3) is 0 Å². The SMILES string of the molecule is c1ccc(-n2cc(SCCN3CCOCC3)cn2)cc1. The predicted octanol–water partition coefficient (Wildman–Crippen LogP) is 2.30. The third-order valence-electron chi connectivity index (χ3n) is 3.36. The molecule has 1 aromatic heterocycles. The maximum atomic E-state index is 5.35. The van der Waals surface area contributed by atoms with Crippen molar-refractivity contribution in [1.29, 1.82) is 0 Å². The third kappa shape index (κ3) is 3.62. The van der Waals surface area contributed by atoms with Crippen molar-refractivity contribution in [3.63, 3.8) is 0 Å². The molecule has 20 heavy (non-hydrogen) atoms. The number of aromatic nitrogens is 2. The zero-order valence-corrected chi connectivity index (χ0v) is 12.3. The molecule has 1 aliphatic rings. The molecule has 1 fully saturated rings. The minimum absolute atomic E-state index is 0.872. The molecule has 0 radical (unpaired) electrons. The van der Waals surface area contributed by atoms with Crippen LogP contribution in [-0.4, -0.2) is 53.3 Å². The molecule has 1 saturated heterocycles. The van der Waals surface area contributed by atoms with Gasteiger partial charge in [0.05, 0.1) is 25.1 Å². The highest BCUT2D eigenvalue weighted by atomic mass is 32.2. The Balaban J connectivity index is 1.50. The van der Waals surface area contributed by atoms with Gasteiger partial charge in [-0.1, -0.05) is 18.2 Å². The normalized spacial score (nSPS) is 16.4. The molecular formula is C15H19N3OS. The Hall–Kier alpha value is -1.30. The second kappa shape index (κ2) is 6.92. The lowest BCUT2D eigenvalue weighted by Crippen LogP contribution is -2.37. The van der Waals surface area contributed by atoms with Crippen LogP contribution in [0.15, 0.2) is 47.6 Å². The predicted molar refractivity (Wildman–Crippen MR) is 81.5 cm³/mol. The van der Waals surface area contributed by atoms with Crippen LogP contribution in [0.25, 0.3) is 5.69 Å². The summed E-state index contributed by atoms with van der Waals surface area (Å²) in [5.41, 5.74) is 1.10. The minimum Gasteiger partial charge on any atom is -0.379 e. The number of nitrogens with zero attached hydrogens (tertiary/aromatic N) is 3. The highest BCUT2D eigenvalue weighted by Gasteiger charge is 2.10. The van der Waals surface area contributed by atoms with Gasteiger partial charge in [0.2, 0.25) is 0 Å². The van der Waals surface area contributed by atoms with Gasteiger partial charge in [-0.05, 0) is 12.1 Å². The third-order valence-corrected chi connectivity index (χ3v) is 4.29. The molecular weight excluding hydrogens is 270 g/mol. The van der Waals surface area contributed by atoms with Crippen molar-refractivity contribution in [2.75, 3.05) is 38.6 Å². The Morgan fingerprint density at radius 3 is 2.75 bits per heavy atom. The van der Waals surface area contributed by atoms with Crippen LogP contribution in [0.1, 0.15) is 0 Å². The van der Waals surface area contributed by atoms with E-state index in [-0.39, 0.29) is 0 Å². The second-order valence-corrected chi connectivity index (χ2v) is 5.93. The van der Waals surface area contributed by atoms with Crippen LogP contribution in [-0.2, 0) is 4.74 Å². The molecule has 3 rings (SSSR count). The fourth-order valence-electron chi connectivity index (χ4n) is 2.22. The molecule has 5 heteroatoms. The summed E-state index contributed by atoms with van der Waals surface area (Å²) in [6.07, 6.45) is 4.04. The highest BCUT2D eigenvalue weighted by molar-refractivity contribution is 7.99. The van der Waals surface area contributed by atoms with E-state index in [1.165, 1.54) is 4.90 Å². The highest BCUT2D eigenvalue weighted by Crippen LogP contribution is 2.19. The fraction of sp³-hybridized carbons (Fsp3) is 0.400. The van der Waals surface area contributed by atoms with E-state index in [1.807, 2.05) is 40.8 Å².